The number of anilines is 2. The summed E-state index contributed by atoms with van der Waals surface area (Å²) in [6.45, 7) is 10.6. The summed E-state index contributed by atoms with van der Waals surface area (Å²) in [5, 5.41) is 0. The molecular weight excluding hydrogens is 394 g/mol. The maximum absolute atomic E-state index is 13.4. The first-order valence-electron chi connectivity index (χ1n) is 10.6. The average molecular weight is 424 g/mol. The van der Waals surface area contributed by atoms with Gasteiger partial charge in [-0.2, -0.15) is 4.98 Å². The van der Waals surface area contributed by atoms with E-state index in [-0.39, 0.29) is 12.3 Å². The first kappa shape index (κ1) is 21.1. The van der Waals surface area contributed by atoms with Crippen molar-refractivity contribution in [2.45, 2.75) is 54.1 Å². The summed E-state index contributed by atoms with van der Waals surface area (Å²) >= 11 is 0. The maximum Gasteiger partial charge on any atom is 0.332 e. The fourth-order valence-corrected chi connectivity index (χ4v) is 4.12. The number of Topliss-reactive ketones (excluding diaryl/α,β-unsaturated/α-hetero) is 1. The molecule has 0 saturated carbocycles. The van der Waals surface area contributed by atoms with Crippen LogP contribution in [-0.2, 0) is 24.9 Å². The number of benzene rings is 1. The van der Waals surface area contributed by atoms with Crippen molar-refractivity contribution in [1.82, 2.24) is 18.7 Å². The van der Waals surface area contributed by atoms with Gasteiger partial charge >= 0.3 is 5.69 Å². The second-order valence-corrected chi connectivity index (χ2v) is 9.44. The smallest absolute Gasteiger partial charge is 0.312 e. The molecule has 3 aromatic rings. The molecule has 0 amide bonds. The Bertz CT molecular complexity index is 1320. The Hall–Kier alpha value is -3.16. The summed E-state index contributed by atoms with van der Waals surface area (Å²) in [5.41, 5.74) is 2.43. The van der Waals surface area contributed by atoms with Gasteiger partial charge in [-0.05, 0) is 31.9 Å². The number of hydrogen-bond acceptors (Lipinski definition) is 5. The molecule has 1 aliphatic heterocycles. The Labute approximate surface area is 180 Å². The van der Waals surface area contributed by atoms with Gasteiger partial charge in [-0.15, -0.1) is 0 Å². The second kappa shape index (κ2) is 7.21. The number of nitrogens with zero attached hydrogens (tertiary/aromatic N) is 5. The molecule has 0 radical (unpaired) electrons. The molecule has 0 unspecified atom stereocenters. The molecule has 31 heavy (non-hydrogen) atoms. The molecule has 4 rings (SSSR count). The first-order valence-corrected chi connectivity index (χ1v) is 10.6. The van der Waals surface area contributed by atoms with Crippen LogP contribution in [0.25, 0.3) is 11.2 Å². The van der Waals surface area contributed by atoms with E-state index in [0.29, 0.717) is 23.7 Å². The SMILES string of the molecule is Cc1ccc(N2CCCn3c2nc2c3c(=O)n(CC(=O)C(C)(C)C)c(=O)n2C)c(C)c1. The number of aryl methyl sites for hydroxylation is 4. The van der Waals surface area contributed by atoms with Gasteiger partial charge in [0.15, 0.2) is 16.9 Å². The van der Waals surface area contributed by atoms with E-state index >= 15 is 0 Å². The molecule has 1 aromatic carbocycles. The predicted molar refractivity (Wildman–Crippen MR) is 121 cm³/mol. The van der Waals surface area contributed by atoms with Crippen molar-refractivity contribution in [2.24, 2.45) is 12.5 Å². The van der Waals surface area contributed by atoms with E-state index in [1.807, 2.05) is 4.57 Å². The second-order valence-electron chi connectivity index (χ2n) is 9.44. The summed E-state index contributed by atoms with van der Waals surface area (Å²) in [6.07, 6.45) is 0.842. The van der Waals surface area contributed by atoms with Crippen LogP contribution in [0.5, 0.6) is 0 Å². The Morgan fingerprint density at radius 1 is 1.13 bits per heavy atom. The molecule has 0 bridgehead atoms. The number of aromatic nitrogens is 4. The third kappa shape index (κ3) is 3.40. The van der Waals surface area contributed by atoms with E-state index in [4.69, 9.17) is 4.98 Å². The molecule has 3 heterocycles. The van der Waals surface area contributed by atoms with Crippen LogP contribution in [-0.4, -0.2) is 31.0 Å². The van der Waals surface area contributed by atoms with Gasteiger partial charge in [-0.1, -0.05) is 38.5 Å². The molecule has 8 heteroatoms. The van der Waals surface area contributed by atoms with Crippen molar-refractivity contribution in [1.29, 1.82) is 0 Å². The molecule has 1 aliphatic rings. The number of fused-ring (bicyclic) bond motifs is 3. The quantitative estimate of drug-likeness (QED) is 0.647. The lowest BCUT2D eigenvalue weighted by molar-refractivity contribution is -0.127. The highest BCUT2D eigenvalue weighted by molar-refractivity contribution is 5.84. The maximum atomic E-state index is 13.4. The molecule has 0 N–H and O–H groups in total. The van der Waals surface area contributed by atoms with Crippen molar-refractivity contribution in [2.75, 3.05) is 11.4 Å². The highest BCUT2D eigenvalue weighted by Crippen LogP contribution is 2.33. The van der Waals surface area contributed by atoms with Gasteiger partial charge in [0.2, 0.25) is 5.95 Å². The summed E-state index contributed by atoms with van der Waals surface area (Å²) < 4.78 is 4.30. The summed E-state index contributed by atoms with van der Waals surface area (Å²) in [6, 6.07) is 6.25. The van der Waals surface area contributed by atoms with Crippen LogP contribution < -0.4 is 16.1 Å². The van der Waals surface area contributed by atoms with E-state index in [9.17, 15) is 14.4 Å². The molecule has 0 saturated heterocycles. The number of ketones is 1. The van der Waals surface area contributed by atoms with Crippen LogP contribution in [0.2, 0.25) is 0 Å². The third-order valence-corrected chi connectivity index (χ3v) is 6.00. The number of carbonyl (C=O) groups excluding carboxylic acids is 1. The first-order chi connectivity index (χ1) is 14.5. The van der Waals surface area contributed by atoms with Gasteiger partial charge < -0.3 is 9.47 Å². The van der Waals surface area contributed by atoms with Crippen molar-refractivity contribution in [3.63, 3.8) is 0 Å². The Balaban J connectivity index is 1.93. The minimum atomic E-state index is -0.643. The predicted octanol–water partition coefficient (Wildman–Crippen LogP) is 2.67. The number of rotatable bonds is 3. The van der Waals surface area contributed by atoms with Crippen LogP contribution in [0, 0.1) is 19.3 Å². The Kier molecular flexibility index (Phi) is 4.91. The topological polar surface area (TPSA) is 82.1 Å². The number of imidazole rings is 1. The van der Waals surface area contributed by atoms with Gasteiger partial charge in [-0.25, -0.2) is 4.79 Å². The highest BCUT2D eigenvalue weighted by Gasteiger charge is 2.29. The number of hydrogen-bond donors (Lipinski definition) is 0. The van der Waals surface area contributed by atoms with Gasteiger partial charge in [0, 0.05) is 31.2 Å². The van der Waals surface area contributed by atoms with Crippen LogP contribution in [0.15, 0.2) is 27.8 Å². The molecule has 2 aromatic heterocycles. The lowest BCUT2D eigenvalue weighted by Crippen LogP contribution is -2.43. The molecule has 8 nitrogen and oxygen atoms in total. The normalized spacial score (nSPS) is 14.2. The zero-order valence-corrected chi connectivity index (χ0v) is 19.0. The Morgan fingerprint density at radius 2 is 1.84 bits per heavy atom. The van der Waals surface area contributed by atoms with Crippen LogP contribution >= 0.6 is 0 Å². The zero-order valence-electron chi connectivity index (χ0n) is 19.0. The van der Waals surface area contributed by atoms with Gasteiger partial charge in [0.25, 0.3) is 5.56 Å². The van der Waals surface area contributed by atoms with Gasteiger partial charge in [0.1, 0.15) is 0 Å². The fraction of sp³-hybridized carbons (Fsp3) is 0.478. The van der Waals surface area contributed by atoms with Gasteiger partial charge in [0.05, 0.1) is 6.54 Å². The molecule has 0 atom stereocenters. The summed E-state index contributed by atoms with van der Waals surface area (Å²) in [4.78, 5) is 45.7. The van der Waals surface area contributed by atoms with E-state index in [2.05, 4.69) is 36.9 Å². The molecule has 0 fully saturated rings. The average Bonchev–Trinajstić information content (AvgIpc) is 3.09. The van der Waals surface area contributed by atoms with Crippen LogP contribution in [0.3, 0.4) is 0 Å². The summed E-state index contributed by atoms with van der Waals surface area (Å²) in [5.74, 6) is 0.488. The van der Waals surface area contributed by atoms with E-state index < -0.39 is 16.7 Å². The van der Waals surface area contributed by atoms with E-state index in [0.717, 1.165) is 28.8 Å². The van der Waals surface area contributed by atoms with Crippen LogP contribution in [0.4, 0.5) is 11.6 Å². The standard InChI is InChI=1S/C23H29N5O3/c1-14-8-9-16(15(2)12-14)26-10-7-11-27-18-19(24-21(26)27)25(6)22(31)28(20(18)30)13-17(29)23(3,4)5/h8-9,12H,7,10-11,13H2,1-6H3. The van der Waals surface area contributed by atoms with Crippen LogP contribution in [0.1, 0.15) is 38.3 Å². The Morgan fingerprint density at radius 3 is 2.48 bits per heavy atom. The van der Waals surface area contributed by atoms with Crippen molar-refractivity contribution < 1.29 is 4.79 Å². The summed E-state index contributed by atoms with van der Waals surface area (Å²) in [7, 11) is 1.60. The van der Waals surface area contributed by atoms with Crippen molar-refractivity contribution >= 4 is 28.6 Å². The third-order valence-electron chi connectivity index (χ3n) is 6.00. The molecule has 164 valence electrons. The highest BCUT2D eigenvalue weighted by atomic mass is 16.2. The monoisotopic (exact) mass is 423 g/mol. The fourth-order valence-electron chi connectivity index (χ4n) is 4.12. The lowest BCUT2D eigenvalue weighted by Gasteiger charge is -2.30. The zero-order chi connectivity index (χ0) is 22.7. The molecule has 0 spiro atoms. The molecule has 0 aliphatic carbocycles. The lowest BCUT2D eigenvalue weighted by atomic mass is 9.91. The minimum Gasteiger partial charge on any atom is -0.312 e. The van der Waals surface area contributed by atoms with Crippen molar-refractivity contribution in [3.05, 3.63) is 50.2 Å². The van der Waals surface area contributed by atoms with Crippen molar-refractivity contribution in [3.8, 4) is 0 Å². The molecular formula is C23H29N5O3. The number of carbonyl (C=O) groups is 1. The van der Waals surface area contributed by atoms with Gasteiger partial charge in [-0.3, -0.25) is 18.7 Å². The van der Waals surface area contributed by atoms with E-state index in [1.54, 1.807) is 27.8 Å². The minimum absolute atomic E-state index is 0.165. The van der Waals surface area contributed by atoms with E-state index in [1.165, 1.54) is 10.1 Å². The largest absolute Gasteiger partial charge is 0.332 e.